The van der Waals surface area contributed by atoms with Crippen LogP contribution in [0.2, 0.25) is 0 Å². The minimum atomic E-state index is -3.05. The van der Waals surface area contributed by atoms with Gasteiger partial charge < -0.3 is 5.32 Å². The molecule has 0 aliphatic carbocycles. The van der Waals surface area contributed by atoms with Gasteiger partial charge in [-0.05, 0) is 36.8 Å². The van der Waals surface area contributed by atoms with Gasteiger partial charge >= 0.3 is 0 Å². The maximum absolute atomic E-state index is 11.7. The van der Waals surface area contributed by atoms with Crippen LogP contribution in [0.25, 0.3) is 5.69 Å². The Morgan fingerprint density at radius 3 is 2.43 bits per heavy atom. The van der Waals surface area contributed by atoms with Crippen molar-refractivity contribution in [3.63, 3.8) is 0 Å². The second-order valence-corrected chi connectivity index (χ2v) is 7.50. The van der Waals surface area contributed by atoms with Crippen LogP contribution in [0.1, 0.15) is 12.8 Å². The molecule has 2 rings (SSSR count). The molecule has 1 N–H and O–H groups in total. The number of benzene rings is 1. The van der Waals surface area contributed by atoms with E-state index in [-0.39, 0.29) is 23.6 Å². The number of carbonyl (C=O) groups excluding carboxylic acids is 1. The van der Waals surface area contributed by atoms with Crippen molar-refractivity contribution < 1.29 is 13.2 Å². The van der Waals surface area contributed by atoms with Crippen LogP contribution < -0.4 is 10.9 Å². The summed E-state index contributed by atoms with van der Waals surface area (Å²) in [5, 5.41) is 2.70. The molecule has 0 atom stereocenters. The molecular weight excluding hydrogens is 316 g/mol. The van der Waals surface area contributed by atoms with Crippen molar-refractivity contribution >= 4 is 21.4 Å². The first-order valence-corrected chi connectivity index (χ1v) is 9.17. The van der Waals surface area contributed by atoms with E-state index in [0.29, 0.717) is 17.8 Å². The summed E-state index contributed by atoms with van der Waals surface area (Å²) in [6.45, 7) is 0. The van der Waals surface area contributed by atoms with Crippen LogP contribution in [-0.2, 0) is 14.6 Å². The van der Waals surface area contributed by atoms with E-state index in [0.717, 1.165) is 6.26 Å². The number of nitrogens with one attached hydrogen (secondary N) is 1. The molecule has 0 fully saturated rings. The molecule has 0 radical (unpaired) electrons. The molecule has 0 saturated carbocycles. The van der Waals surface area contributed by atoms with Crippen LogP contribution in [0.15, 0.2) is 53.5 Å². The standard InChI is InChI=1S/C16H18N2O4S/c1-23(21,22)12-4-5-15(19)17-13-7-9-14(10-8-13)18-11-3-2-6-16(18)20/h2-3,6-11H,4-5,12H2,1H3,(H,17,19). The third kappa shape index (κ3) is 5.37. The van der Waals surface area contributed by atoms with E-state index in [9.17, 15) is 18.0 Å². The van der Waals surface area contributed by atoms with Gasteiger partial charge in [0, 0.05) is 36.3 Å². The molecule has 7 heteroatoms. The van der Waals surface area contributed by atoms with Gasteiger partial charge in [0.15, 0.2) is 0 Å². The third-order valence-electron chi connectivity index (χ3n) is 3.17. The highest BCUT2D eigenvalue weighted by Crippen LogP contribution is 2.12. The number of hydrogen-bond acceptors (Lipinski definition) is 4. The van der Waals surface area contributed by atoms with Gasteiger partial charge in [-0.3, -0.25) is 14.2 Å². The van der Waals surface area contributed by atoms with Crippen LogP contribution >= 0.6 is 0 Å². The molecular formula is C16H18N2O4S. The smallest absolute Gasteiger partial charge is 0.255 e. The van der Waals surface area contributed by atoms with Gasteiger partial charge in [0.2, 0.25) is 5.91 Å². The first kappa shape index (κ1) is 17.0. The lowest BCUT2D eigenvalue weighted by atomic mass is 10.2. The van der Waals surface area contributed by atoms with Gasteiger partial charge in [0.05, 0.1) is 5.75 Å². The minimum Gasteiger partial charge on any atom is -0.326 e. The summed E-state index contributed by atoms with van der Waals surface area (Å²) in [4.78, 5) is 23.5. The summed E-state index contributed by atoms with van der Waals surface area (Å²) < 4.78 is 23.5. The second-order valence-electron chi connectivity index (χ2n) is 5.24. The van der Waals surface area contributed by atoms with Gasteiger partial charge in [-0.25, -0.2) is 8.42 Å². The van der Waals surface area contributed by atoms with Crippen LogP contribution in [-0.4, -0.2) is 30.9 Å². The largest absolute Gasteiger partial charge is 0.326 e. The van der Waals surface area contributed by atoms with E-state index < -0.39 is 9.84 Å². The molecule has 1 amide bonds. The molecule has 6 nitrogen and oxygen atoms in total. The van der Waals surface area contributed by atoms with Crippen molar-refractivity contribution in [1.29, 1.82) is 0 Å². The molecule has 0 bridgehead atoms. The first-order valence-electron chi connectivity index (χ1n) is 7.11. The average molecular weight is 334 g/mol. The van der Waals surface area contributed by atoms with E-state index >= 15 is 0 Å². The molecule has 0 aliphatic rings. The molecule has 2 aromatic rings. The normalized spacial score (nSPS) is 11.2. The van der Waals surface area contributed by atoms with Crippen molar-refractivity contribution in [3.05, 3.63) is 59.0 Å². The Labute approximate surface area is 134 Å². The lowest BCUT2D eigenvalue weighted by Gasteiger charge is -2.08. The number of sulfone groups is 1. The molecule has 1 heterocycles. The Morgan fingerprint density at radius 2 is 1.83 bits per heavy atom. The van der Waals surface area contributed by atoms with Crippen LogP contribution in [0.3, 0.4) is 0 Å². The van der Waals surface area contributed by atoms with Crippen LogP contribution in [0, 0.1) is 0 Å². The highest BCUT2D eigenvalue weighted by Gasteiger charge is 2.07. The number of hydrogen-bond donors (Lipinski definition) is 1. The lowest BCUT2D eigenvalue weighted by molar-refractivity contribution is -0.116. The van der Waals surface area contributed by atoms with Crippen LogP contribution in [0.4, 0.5) is 5.69 Å². The number of amides is 1. The molecule has 0 saturated heterocycles. The summed E-state index contributed by atoms with van der Waals surface area (Å²) >= 11 is 0. The van der Waals surface area contributed by atoms with Crippen molar-refractivity contribution in [2.75, 3.05) is 17.3 Å². The predicted molar refractivity (Wildman–Crippen MR) is 89.6 cm³/mol. The zero-order chi connectivity index (χ0) is 16.9. The highest BCUT2D eigenvalue weighted by atomic mass is 32.2. The Morgan fingerprint density at radius 1 is 1.13 bits per heavy atom. The summed E-state index contributed by atoms with van der Waals surface area (Å²) in [7, 11) is -3.05. The van der Waals surface area contributed by atoms with E-state index in [2.05, 4.69) is 5.32 Å². The molecule has 122 valence electrons. The van der Waals surface area contributed by atoms with Crippen molar-refractivity contribution in [2.24, 2.45) is 0 Å². The fourth-order valence-electron chi connectivity index (χ4n) is 2.06. The van der Waals surface area contributed by atoms with Crippen molar-refractivity contribution in [1.82, 2.24) is 4.57 Å². The summed E-state index contributed by atoms with van der Waals surface area (Å²) in [6.07, 6.45) is 3.26. The maximum atomic E-state index is 11.7. The van der Waals surface area contributed by atoms with E-state index in [1.807, 2.05) is 0 Å². The SMILES string of the molecule is CS(=O)(=O)CCCC(=O)Nc1ccc(-n2ccccc2=O)cc1. The molecule has 0 unspecified atom stereocenters. The fourth-order valence-corrected chi connectivity index (χ4v) is 2.73. The Hall–Kier alpha value is -2.41. The minimum absolute atomic E-state index is 0.00369. The third-order valence-corrected chi connectivity index (χ3v) is 4.20. The average Bonchev–Trinajstić information content (AvgIpc) is 2.47. The van der Waals surface area contributed by atoms with E-state index in [4.69, 9.17) is 0 Å². The monoisotopic (exact) mass is 334 g/mol. The summed E-state index contributed by atoms with van der Waals surface area (Å²) in [5.41, 5.74) is 1.16. The van der Waals surface area contributed by atoms with Crippen molar-refractivity contribution in [3.8, 4) is 5.69 Å². The number of anilines is 1. The number of carbonyl (C=O) groups is 1. The molecule has 1 aromatic carbocycles. The van der Waals surface area contributed by atoms with Crippen LogP contribution in [0.5, 0.6) is 0 Å². The van der Waals surface area contributed by atoms with Gasteiger partial charge in [0.1, 0.15) is 9.84 Å². The topological polar surface area (TPSA) is 85.2 Å². The van der Waals surface area contributed by atoms with Gasteiger partial charge in [0.25, 0.3) is 5.56 Å². The van der Waals surface area contributed by atoms with Crippen molar-refractivity contribution in [2.45, 2.75) is 12.8 Å². The summed E-state index contributed by atoms with van der Waals surface area (Å²) in [5.74, 6) is -0.241. The number of pyridine rings is 1. The van der Waals surface area contributed by atoms with Gasteiger partial charge in [-0.1, -0.05) is 6.07 Å². The van der Waals surface area contributed by atoms with Gasteiger partial charge in [-0.2, -0.15) is 0 Å². The Kier molecular flexibility index (Phi) is 5.33. The van der Waals surface area contributed by atoms with Gasteiger partial charge in [-0.15, -0.1) is 0 Å². The van der Waals surface area contributed by atoms with E-state index in [1.165, 1.54) is 10.6 Å². The zero-order valence-corrected chi connectivity index (χ0v) is 13.5. The zero-order valence-electron chi connectivity index (χ0n) is 12.7. The Balaban J connectivity index is 1.96. The maximum Gasteiger partial charge on any atom is 0.255 e. The molecule has 23 heavy (non-hydrogen) atoms. The van der Waals surface area contributed by atoms with E-state index in [1.54, 1.807) is 42.6 Å². The second kappa shape index (κ2) is 7.23. The first-order chi connectivity index (χ1) is 10.8. The molecule has 0 spiro atoms. The molecule has 1 aromatic heterocycles. The fraction of sp³-hybridized carbons (Fsp3) is 0.250. The highest BCUT2D eigenvalue weighted by molar-refractivity contribution is 7.90. The number of nitrogens with zero attached hydrogens (tertiary/aromatic N) is 1. The molecule has 0 aliphatic heterocycles. The lowest BCUT2D eigenvalue weighted by Crippen LogP contribution is -2.16. The number of rotatable bonds is 6. The predicted octanol–water partition coefficient (Wildman–Crippen LogP) is 1.60. The Bertz CT molecular complexity index is 839. The number of aromatic nitrogens is 1. The quantitative estimate of drug-likeness (QED) is 0.869. The summed E-state index contributed by atoms with van der Waals surface area (Å²) in [6, 6.07) is 11.8.